The number of hydrogen-bond donors (Lipinski definition) is 0. The summed E-state index contributed by atoms with van der Waals surface area (Å²) < 4.78 is 8.36. The zero-order valence-electron chi connectivity index (χ0n) is 16.7. The summed E-state index contributed by atoms with van der Waals surface area (Å²) in [5.74, 6) is 2.11. The number of halogens is 2. The number of carbonyl (C=O) groups excluding carboxylic acids is 1. The largest absolute Gasteiger partial charge is 0.497 e. The number of ether oxygens (including phenoxy) is 1. The van der Waals surface area contributed by atoms with Crippen molar-refractivity contribution in [3.63, 3.8) is 0 Å². The first-order valence-corrected chi connectivity index (χ1v) is 11.2. The molecule has 4 aromatic rings. The molecule has 3 heterocycles. The molecule has 2 aromatic carbocycles. The summed E-state index contributed by atoms with van der Waals surface area (Å²) in [7, 11) is 1.64. The third-order valence-corrected chi connectivity index (χ3v) is 7.15. The molecule has 31 heavy (non-hydrogen) atoms. The molecule has 0 N–H and O–H groups in total. The summed E-state index contributed by atoms with van der Waals surface area (Å²) in [5.41, 5.74) is 1.38. The molecule has 0 saturated heterocycles. The van der Waals surface area contributed by atoms with Crippen molar-refractivity contribution in [2.75, 3.05) is 13.7 Å². The van der Waals surface area contributed by atoms with E-state index in [1.54, 1.807) is 41.5 Å². The number of thiazole rings is 1. The first-order valence-electron chi connectivity index (χ1n) is 9.60. The highest BCUT2D eigenvalue weighted by molar-refractivity contribution is 7.21. The summed E-state index contributed by atoms with van der Waals surface area (Å²) in [5, 5.41) is 10.4. The standard InChI is InChI=1S/C21H17Cl2N5O2S/c1-11-18-25-26-19(20-24-16-6-4-13(30-2)10-17(16)31-20)28(18)8-7-27(11)21(29)12-3-5-14(22)15(23)9-12/h3-6,9-11H,7-8H2,1-2H3/t11-/m1/s1. The van der Waals surface area contributed by atoms with Gasteiger partial charge in [-0.25, -0.2) is 4.98 Å². The Morgan fingerprint density at radius 3 is 2.74 bits per heavy atom. The first-order chi connectivity index (χ1) is 15.0. The molecule has 0 unspecified atom stereocenters. The van der Waals surface area contributed by atoms with Gasteiger partial charge in [-0.15, -0.1) is 21.5 Å². The maximum atomic E-state index is 13.1. The molecule has 2 aromatic heterocycles. The Kier molecular flexibility index (Phi) is 5.08. The highest BCUT2D eigenvalue weighted by Gasteiger charge is 2.32. The second-order valence-corrected chi connectivity index (χ2v) is 9.03. The molecule has 1 atom stereocenters. The molecule has 1 aliphatic rings. The van der Waals surface area contributed by atoms with Crippen LogP contribution >= 0.6 is 34.5 Å². The summed E-state index contributed by atoms with van der Waals surface area (Å²) in [4.78, 5) is 19.6. The van der Waals surface area contributed by atoms with Gasteiger partial charge in [0.2, 0.25) is 0 Å². The van der Waals surface area contributed by atoms with Crippen molar-refractivity contribution in [1.29, 1.82) is 0 Å². The van der Waals surface area contributed by atoms with E-state index in [-0.39, 0.29) is 11.9 Å². The van der Waals surface area contributed by atoms with Gasteiger partial charge in [0, 0.05) is 18.7 Å². The fourth-order valence-electron chi connectivity index (χ4n) is 3.74. The van der Waals surface area contributed by atoms with Crippen LogP contribution < -0.4 is 4.74 Å². The van der Waals surface area contributed by atoms with E-state index >= 15 is 0 Å². The van der Waals surface area contributed by atoms with E-state index in [1.165, 1.54) is 0 Å². The SMILES string of the molecule is COc1ccc2nc(-c3nnc4n3CCN(C(=O)c3ccc(Cl)c(Cl)c3)[C@@H]4C)sc2c1. The zero-order valence-corrected chi connectivity index (χ0v) is 19.0. The molecule has 0 spiro atoms. The average molecular weight is 474 g/mol. The van der Waals surface area contributed by atoms with Crippen molar-refractivity contribution >= 4 is 50.7 Å². The van der Waals surface area contributed by atoms with Gasteiger partial charge < -0.3 is 14.2 Å². The summed E-state index contributed by atoms with van der Waals surface area (Å²) in [6.07, 6.45) is 0. The number of aromatic nitrogens is 4. The van der Waals surface area contributed by atoms with Gasteiger partial charge in [0.1, 0.15) is 5.75 Å². The maximum Gasteiger partial charge on any atom is 0.254 e. The minimum absolute atomic E-state index is 0.117. The fraction of sp³-hybridized carbons (Fsp3) is 0.238. The van der Waals surface area contributed by atoms with E-state index < -0.39 is 0 Å². The number of benzene rings is 2. The third-order valence-electron chi connectivity index (χ3n) is 5.40. The van der Waals surface area contributed by atoms with Crippen LogP contribution in [0.2, 0.25) is 10.0 Å². The fourth-order valence-corrected chi connectivity index (χ4v) is 5.03. The third kappa shape index (κ3) is 3.44. The Morgan fingerprint density at radius 2 is 1.97 bits per heavy atom. The monoisotopic (exact) mass is 473 g/mol. The van der Waals surface area contributed by atoms with Crippen LogP contribution in [0.25, 0.3) is 21.0 Å². The summed E-state index contributed by atoms with van der Waals surface area (Å²) in [6.45, 7) is 3.05. The van der Waals surface area contributed by atoms with Gasteiger partial charge in [-0.05, 0) is 43.3 Å². The number of fused-ring (bicyclic) bond motifs is 2. The Hall–Kier alpha value is -2.68. The van der Waals surface area contributed by atoms with Gasteiger partial charge in [-0.2, -0.15) is 0 Å². The van der Waals surface area contributed by atoms with Crippen LogP contribution in [0.5, 0.6) is 5.75 Å². The van der Waals surface area contributed by atoms with E-state index in [0.29, 0.717) is 34.5 Å². The highest BCUT2D eigenvalue weighted by atomic mass is 35.5. The summed E-state index contributed by atoms with van der Waals surface area (Å²) in [6, 6.07) is 10.5. The highest BCUT2D eigenvalue weighted by Crippen LogP contribution is 2.35. The second kappa shape index (κ2) is 7.78. The molecule has 0 radical (unpaired) electrons. The minimum Gasteiger partial charge on any atom is -0.497 e. The number of rotatable bonds is 3. The molecule has 0 saturated carbocycles. The zero-order chi connectivity index (χ0) is 21.7. The quantitative estimate of drug-likeness (QED) is 0.414. The number of carbonyl (C=O) groups is 1. The predicted octanol–water partition coefficient (Wildman–Crippen LogP) is 5.09. The normalized spacial score (nSPS) is 15.9. The Morgan fingerprint density at radius 1 is 1.13 bits per heavy atom. The van der Waals surface area contributed by atoms with Crippen LogP contribution in [0, 0.1) is 0 Å². The van der Waals surface area contributed by atoms with Crippen LogP contribution in [0.15, 0.2) is 36.4 Å². The lowest BCUT2D eigenvalue weighted by atomic mass is 10.1. The molecule has 5 rings (SSSR count). The van der Waals surface area contributed by atoms with E-state index in [4.69, 9.17) is 32.9 Å². The molecule has 1 aliphatic heterocycles. The van der Waals surface area contributed by atoms with Crippen molar-refractivity contribution in [3.05, 3.63) is 57.8 Å². The Labute approximate surface area is 192 Å². The number of methoxy groups -OCH3 is 1. The lowest BCUT2D eigenvalue weighted by Crippen LogP contribution is -2.41. The molecule has 0 aliphatic carbocycles. The molecule has 158 valence electrons. The van der Waals surface area contributed by atoms with Crippen molar-refractivity contribution in [2.45, 2.75) is 19.5 Å². The summed E-state index contributed by atoms with van der Waals surface area (Å²) >= 11 is 13.6. The molecule has 10 heteroatoms. The molecule has 0 fully saturated rings. The molecular formula is C21H17Cl2N5O2S. The molecule has 0 bridgehead atoms. The number of hydrogen-bond acceptors (Lipinski definition) is 6. The van der Waals surface area contributed by atoms with Gasteiger partial charge in [0.05, 0.1) is 33.4 Å². The number of amides is 1. The average Bonchev–Trinajstić information content (AvgIpc) is 3.39. The predicted molar refractivity (Wildman–Crippen MR) is 121 cm³/mol. The van der Waals surface area contributed by atoms with E-state index in [0.717, 1.165) is 26.8 Å². The van der Waals surface area contributed by atoms with Crippen molar-refractivity contribution < 1.29 is 9.53 Å². The first kappa shape index (κ1) is 20.2. The molecular weight excluding hydrogens is 457 g/mol. The van der Waals surface area contributed by atoms with Crippen LogP contribution in [0.1, 0.15) is 29.1 Å². The van der Waals surface area contributed by atoms with Crippen LogP contribution in [0.3, 0.4) is 0 Å². The molecule has 7 nitrogen and oxygen atoms in total. The lowest BCUT2D eigenvalue weighted by molar-refractivity contribution is 0.0638. The number of nitrogens with zero attached hydrogens (tertiary/aromatic N) is 5. The van der Waals surface area contributed by atoms with Crippen LogP contribution in [-0.4, -0.2) is 44.2 Å². The lowest BCUT2D eigenvalue weighted by Gasteiger charge is -2.33. The van der Waals surface area contributed by atoms with Crippen LogP contribution in [0.4, 0.5) is 0 Å². The molecule has 1 amide bonds. The van der Waals surface area contributed by atoms with E-state index in [2.05, 4.69) is 10.2 Å². The Bertz CT molecular complexity index is 1320. The maximum absolute atomic E-state index is 13.1. The van der Waals surface area contributed by atoms with Gasteiger partial charge in [-0.3, -0.25) is 4.79 Å². The minimum atomic E-state index is -0.244. The van der Waals surface area contributed by atoms with Gasteiger partial charge >= 0.3 is 0 Å². The van der Waals surface area contributed by atoms with E-state index in [1.807, 2.05) is 29.7 Å². The van der Waals surface area contributed by atoms with E-state index in [9.17, 15) is 4.79 Å². The smallest absolute Gasteiger partial charge is 0.254 e. The van der Waals surface area contributed by atoms with Gasteiger partial charge in [-0.1, -0.05) is 23.2 Å². The van der Waals surface area contributed by atoms with Crippen molar-refractivity contribution in [2.24, 2.45) is 0 Å². The van der Waals surface area contributed by atoms with Crippen LogP contribution in [-0.2, 0) is 6.54 Å². The van der Waals surface area contributed by atoms with Gasteiger partial charge in [0.15, 0.2) is 16.7 Å². The van der Waals surface area contributed by atoms with Crippen molar-refractivity contribution in [3.8, 4) is 16.6 Å². The Balaban J connectivity index is 1.46. The topological polar surface area (TPSA) is 73.1 Å². The van der Waals surface area contributed by atoms with Crippen molar-refractivity contribution in [1.82, 2.24) is 24.6 Å². The second-order valence-electron chi connectivity index (χ2n) is 7.19. The van der Waals surface area contributed by atoms with Gasteiger partial charge in [0.25, 0.3) is 5.91 Å².